The third-order valence-corrected chi connectivity index (χ3v) is 3.45. The van der Waals surface area contributed by atoms with E-state index < -0.39 is 17.5 Å². The second-order valence-corrected chi connectivity index (χ2v) is 5.29. The number of nitrogens with one attached hydrogen (secondary N) is 1. The summed E-state index contributed by atoms with van der Waals surface area (Å²) in [6.45, 7) is 3.48. The molecule has 1 amide bonds. The van der Waals surface area contributed by atoms with Crippen LogP contribution in [0.3, 0.4) is 0 Å². The Kier molecular flexibility index (Phi) is 6.10. The first-order valence-electron chi connectivity index (χ1n) is 6.14. The van der Waals surface area contributed by atoms with Crippen molar-refractivity contribution in [1.82, 2.24) is 5.32 Å². The van der Waals surface area contributed by atoms with Gasteiger partial charge in [-0.15, -0.1) is 0 Å². The van der Waals surface area contributed by atoms with Gasteiger partial charge in [0.05, 0.1) is 4.92 Å². The molecule has 1 atom stereocenters. The van der Waals surface area contributed by atoms with Gasteiger partial charge >= 0.3 is 11.0 Å². The maximum atomic E-state index is 11.6. The highest BCUT2D eigenvalue weighted by molar-refractivity contribution is 7.17. The molecule has 1 rings (SSSR count). The van der Waals surface area contributed by atoms with Gasteiger partial charge in [-0.1, -0.05) is 24.7 Å². The Morgan fingerprint density at radius 2 is 2.20 bits per heavy atom. The van der Waals surface area contributed by atoms with Gasteiger partial charge in [-0.2, -0.15) is 0 Å². The number of esters is 1. The molecular formula is C12H16N2O5S. The van der Waals surface area contributed by atoms with Crippen molar-refractivity contribution < 1.29 is 19.2 Å². The highest BCUT2D eigenvalue weighted by atomic mass is 32.1. The Morgan fingerprint density at radius 3 is 2.75 bits per heavy atom. The quantitative estimate of drug-likeness (QED) is 0.472. The minimum atomic E-state index is -0.735. The van der Waals surface area contributed by atoms with Gasteiger partial charge in [0.25, 0.3) is 5.91 Å². The van der Waals surface area contributed by atoms with E-state index in [1.807, 2.05) is 13.8 Å². The molecule has 0 bridgehead atoms. The van der Waals surface area contributed by atoms with E-state index in [0.29, 0.717) is 0 Å². The van der Waals surface area contributed by atoms with Crippen molar-refractivity contribution in [1.29, 1.82) is 0 Å². The van der Waals surface area contributed by atoms with Crippen molar-refractivity contribution in [2.24, 2.45) is 0 Å². The predicted molar refractivity (Wildman–Crippen MR) is 73.8 cm³/mol. The van der Waals surface area contributed by atoms with Crippen LogP contribution in [0.2, 0.25) is 0 Å². The molecule has 8 heteroatoms. The number of rotatable bonds is 7. The maximum absolute atomic E-state index is 11.6. The van der Waals surface area contributed by atoms with Crippen molar-refractivity contribution >= 4 is 28.2 Å². The average Bonchev–Trinajstić information content (AvgIpc) is 2.86. The number of carbonyl (C=O) groups excluding carboxylic acids is 2. The van der Waals surface area contributed by atoms with Crippen molar-refractivity contribution in [3.05, 3.63) is 27.1 Å². The summed E-state index contributed by atoms with van der Waals surface area (Å²) in [5, 5.41) is 13.0. The molecule has 0 aliphatic rings. The number of hydrogen-bond acceptors (Lipinski definition) is 6. The van der Waals surface area contributed by atoms with Crippen molar-refractivity contribution in [2.45, 2.75) is 32.7 Å². The van der Waals surface area contributed by atoms with Gasteiger partial charge in [-0.05, 0) is 19.4 Å². The Balaban J connectivity index is 2.42. The molecule has 0 saturated carbocycles. The van der Waals surface area contributed by atoms with Crippen LogP contribution < -0.4 is 5.32 Å². The number of amides is 1. The number of nitro groups is 1. The minimum absolute atomic E-state index is 0.0222. The summed E-state index contributed by atoms with van der Waals surface area (Å²) in [5.41, 5.74) is 0. The number of carbonyl (C=O) groups is 2. The average molecular weight is 300 g/mol. The van der Waals surface area contributed by atoms with Crippen LogP contribution in [-0.2, 0) is 9.53 Å². The fourth-order valence-corrected chi connectivity index (χ4v) is 2.27. The van der Waals surface area contributed by atoms with Gasteiger partial charge in [-0.25, -0.2) is 4.79 Å². The molecule has 7 nitrogen and oxygen atoms in total. The zero-order valence-electron chi connectivity index (χ0n) is 11.3. The molecule has 1 aromatic rings. The van der Waals surface area contributed by atoms with Crippen LogP contribution in [0.1, 0.15) is 36.4 Å². The second-order valence-electron chi connectivity index (χ2n) is 4.23. The van der Waals surface area contributed by atoms with Crippen LogP contribution in [-0.4, -0.2) is 29.4 Å². The predicted octanol–water partition coefficient (Wildman–Crippen LogP) is 2.12. The summed E-state index contributed by atoms with van der Waals surface area (Å²) >= 11 is 0.717. The topological polar surface area (TPSA) is 98.5 Å². The van der Waals surface area contributed by atoms with Crippen molar-refractivity contribution in [2.75, 3.05) is 6.61 Å². The van der Waals surface area contributed by atoms with Crippen LogP contribution in [0.25, 0.3) is 0 Å². The molecule has 20 heavy (non-hydrogen) atoms. The number of thiophene rings is 1. The molecule has 0 aliphatic carbocycles. The molecule has 0 fully saturated rings. The Labute approximate surface area is 120 Å². The lowest BCUT2D eigenvalue weighted by atomic mass is 10.2. The van der Waals surface area contributed by atoms with E-state index in [9.17, 15) is 19.7 Å². The summed E-state index contributed by atoms with van der Waals surface area (Å²) in [4.78, 5) is 33.1. The molecule has 0 spiro atoms. The summed E-state index contributed by atoms with van der Waals surface area (Å²) < 4.78 is 4.80. The first kappa shape index (κ1) is 16.1. The Morgan fingerprint density at radius 1 is 1.50 bits per heavy atom. The molecular weight excluding hydrogens is 284 g/mol. The Hall–Kier alpha value is -1.96. The van der Waals surface area contributed by atoms with Gasteiger partial charge in [0.1, 0.15) is 4.88 Å². The molecule has 0 aromatic carbocycles. The first-order valence-corrected chi connectivity index (χ1v) is 6.96. The van der Waals surface area contributed by atoms with Crippen molar-refractivity contribution in [3.63, 3.8) is 0 Å². The third-order valence-electron chi connectivity index (χ3n) is 2.44. The van der Waals surface area contributed by atoms with Crippen LogP contribution in [0.15, 0.2) is 12.1 Å². The van der Waals surface area contributed by atoms with E-state index in [1.54, 1.807) is 0 Å². The largest absolute Gasteiger partial charge is 0.451 e. The minimum Gasteiger partial charge on any atom is -0.451 e. The summed E-state index contributed by atoms with van der Waals surface area (Å²) in [6.07, 6.45) is 1.79. The lowest BCUT2D eigenvalue weighted by Crippen LogP contribution is -2.35. The monoisotopic (exact) mass is 300 g/mol. The fraction of sp³-hybridized carbons (Fsp3) is 0.500. The number of nitrogens with zero attached hydrogens (tertiary/aromatic N) is 1. The van der Waals surface area contributed by atoms with Crippen LogP contribution in [0, 0.1) is 10.1 Å². The molecule has 1 aromatic heterocycles. The maximum Gasteiger partial charge on any atom is 0.349 e. The number of ether oxygens (including phenoxy) is 1. The molecule has 0 aliphatic heterocycles. The van der Waals surface area contributed by atoms with E-state index in [4.69, 9.17) is 4.74 Å². The smallest absolute Gasteiger partial charge is 0.349 e. The van der Waals surface area contributed by atoms with Crippen LogP contribution in [0.4, 0.5) is 5.00 Å². The second kappa shape index (κ2) is 7.59. The summed E-state index contributed by atoms with van der Waals surface area (Å²) in [5.74, 6) is -1.12. The molecule has 0 saturated heterocycles. The van der Waals surface area contributed by atoms with Gasteiger partial charge in [0.2, 0.25) is 0 Å². The van der Waals surface area contributed by atoms with E-state index >= 15 is 0 Å². The number of hydrogen-bond donors (Lipinski definition) is 1. The zero-order valence-corrected chi connectivity index (χ0v) is 12.1. The molecule has 0 unspecified atom stereocenters. The van der Waals surface area contributed by atoms with E-state index in [2.05, 4.69) is 5.32 Å². The molecule has 110 valence electrons. The van der Waals surface area contributed by atoms with Gasteiger partial charge in [0.15, 0.2) is 6.61 Å². The van der Waals surface area contributed by atoms with Gasteiger partial charge < -0.3 is 10.1 Å². The molecule has 1 N–H and O–H groups in total. The highest BCUT2D eigenvalue weighted by Gasteiger charge is 2.17. The van der Waals surface area contributed by atoms with Crippen LogP contribution >= 0.6 is 11.3 Å². The van der Waals surface area contributed by atoms with Gasteiger partial charge in [0, 0.05) is 12.1 Å². The highest BCUT2D eigenvalue weighted by Crippen LogP contribution is 2.24. The Bertz CT molecular complexity index is 500. The van der Waals surface area contributed by atoms with Gasteiger partial charge in [-0.3, -0.25) is 14.9 Å². The lowest BCUT2D eigenvalue weighted by Gasteiger charge is -2.12. The first-order chi connectivity index (χ1) is 9.43. The van der Waals surface area contributed by atoms with Crippen molar-refractivity contribution in [3.8, 4) is 0 Å². The third kappa shape index (κ3) is 4.96. The SMILES string of the molecule is CCC[C@@H](C)NC(=O)COC(=O)c1ccc([N+](=O)[O-])s1. The van der Waals surface area contributed by atoms with E-state index in [0.717, 1.165) is 24.2 Å². The molecule has 1 heterocycles. The molecule has 0 radical (unpaired) electrons. The van der Waals surface area contributed by atoms with Crippen LogP contribution in [0.5, 0.6) is 0 Å². The normalized spacial score (nSPS) is 11.7. The summed E-state index contributed by atoms with van der Waals surface area (Å²) in [7, 11) is 0. The standard InChI is InChI=1S/C12H16N2O5S/c1-3-4-8(2)13-10(15)7-19-12(16)9-5-6-11(20-9)14(17)18/h5-6,8H,3-4,7H2,1-2H3,(H,13,15)/t8-/m1/s1. The van der Waals surface area contributed by atoms with E-state index in [1.165, 1.54) is 12.1 Å². The van der Waals surface area contributed by atoms with E-state index in [-0.39, 0.29) is 21.8 Å². The lowest BCUT2D eigenvalue weighted by molar-refractivity contribution is -0.380. The zero-order chi connectivity index (χ0) is 15.1. The fourth-order valence-electron chi connectivity index (χ4n) is 1.56. The summed E-state index contributed by atoms with van der Waals surface area (Å²) in [6, 6.07) is 2.56.